The van der Waals surface area contributed by atoms with Crippen molar-refractivity contribution in [1.82, 2.24) is 15.0 Å². The van der Waals surface area contributed by atoms with E-state index in [1.54, 1.807) is 12.4 Å². The third kappa shape index (κ3) is 3.36. The second-order valence-electron chi connectivity index (χ2n) is 7.42. The number of nitrogens with zero attached hydrogens (tertiary/aromatic N) is 3. The van der Waals surface area contributed by atoms with Gasteiger partial charge in [0.15, 0.2) is 0 Å². The van der Waals surface area contributed by atoms with Crippen molar-refractivity contribution >= 4 is 16.9 Å². The number of carboxylic acids is 1. The van der Waals surface area contributed by atoms with Gasteiger partial charge in [-0.05, 0) is 36.0 Å². The van der Waals surface area contributed by atoms with Gasteiger partial charge >= 0.3 is 5.97 Å². The van der Waals surface area contributed by atoms with Gasteiger partial charge in [0.1, 0.15) is 6.33 Å². The average molecular weight is 381 g/mol. The van der Waals surface area contributed by atoms with Gasteiger partial charge in [-0.25, -0.2) is 14.8 Å². The molecule has 0 atom stereocenters. The van der Waals surface area contributed by atoms with Crippen LogP contribution in [0.25, 0.3) is 22.2 Å². The molecule has 142 valence electrons. The number of pyridine rings is 1. The van der Waals surface area contributed by atoms with E-state index in [9.17, 15) is 9.90 Å². The number of aromatic nitrogens is 3. The van der Waals surface area contributed by atoms with E-state index in [0.717, 1.165) is 46.1 Å². The van der Waals surface area contributed by atoms with Crippen molar-refractivity contribution in [1.29, 1.82) is 0 Å². The number of rotatable bonds is 5. The maximum atomic E-state index is 11.8. The molecule has 0 spiro atoms. The summed E-state index contributed by atoms with van der Waals surface area (Å²) >= 11 is 0. The molecule has 2 aromatic carbocycles. The fourth-order valence-corrected chi connectivity index (χ4v) is 3.77. The molecule has 0 saturated heterocycles. The molecule has 0 radical (unpaired) electrons. The van der Waals surface area contributed by atoms with Crippen molar-refractivity contribution in [2.45, 2.75) is 25.2 Å². The highest BCUT2D eigenvalue weighted by atomic mass is 16.4. The first-order valence-corrected chi connectivity index (χ1v) is 9.71. The molecule has 4 aromatic rings. The quantitative estimate of drug-likeness (QED) is 0.534. The number of aromatic carboxylic acids is 1. The summed E-state index contributed by atoms with van der Waals surface area (Å²) in [4.78, 5) is 25.4. The van der Waals surface area contributed by atoms with Crippen LogP contribution in [0.3, 0.4) is 0 Å². The van der Waals surface area contributed by atoms with Gasteiger partial charge in [-0.15, -0.1) is 0 Å². The van der Waals surface area contributed by atoms with Crippen molar-refractivity contribution in [3.8, 4) is 11.3 Å². The molecule has 1 fully saturated rings. The first-order chi connectivity index (χ1) is 14.2. The molecule has 1 aliphatic rings. The number of para-hydroxylation sites is 1. The molecule has 1 aliphatic carbocycles. The highest BCUT2D eigenvalue weighted by Crippen LogP contribution is 2.40. The molecular weight excluding hydrogens is 362 g/mol. The predicted octanol–water partition coefficient (Wildman–Crippen LogP) is 4.86. The van der Waals surface area contributed by atoms with Crippen LogP contribution in [-0.4, -0.2) is 26.0 Å². The lowest BCUT2D eigenvalue weighted by molar-refractivity contribution is 0.0695. The lowest BCUT2D eigenvalue weighted by Gasteiger charge is -2.11. The summed E-state index contributed by atoms with van der Waals surface area (Å²) < 4.78 is 0. The van der Waals surface area contributed by atoms with E-state index in [1.807, 2.05) is 54.7 Å². The van der Waals surface area contributed by atoms with Crippen LogP contribution in [0.5, 0.6) is 0 Å². The molecular formula is C24H19N3O2. The van der Waals surface area contributed by atoms with Crippen LogP contribution < -0.4 is 0 Å². The van der Waals surface area contributed by atoms with Crippen LogP contribution in [0.2, 0.25) is 0 Å². The van der Waals surface area contributed by atoms with Gasteiger partial charge < -0.3 is 5.11 Å². The Bertz CT molecular complexity index is 1220. The fraction of sp³-hybridized carbons (Fsp3) is 0.167. The minimum absolute atomic E-state index is 0.281. The molecule has 2 aromatic heterocycles. The molecule has 0 bridgehead atoms. The summed E-state index contributed by atoms with van der Waals surface area (Å²) in [6.07, 6.45) is 6.03. The van der Waals surface area contributed by atoms with Crippen LogP contribution in [0.1, 0.15) is 45.9 Å². The van der Waals surface area contributed by atoms with Crippen molar-refractivity contribution in [2.75, 3.05) is 0 Å². The molecule has 0 unspecified atom stereocenters. The summed E-state index contributed by atoms with van der Waals surface area (Å²) in [5, 5.41) is 10.7. The van der Waals surface area contributed by atoms with Crippen LogP contribution in [0, 0.1) is 0 Å². The Hall–Kier alpha value is -3.60. The summed E-state index contributed by atoms with van der Waals surface area (Å²) in [6.45, 7) is 0. The standard InChI is InChI=1S/C24H19N3O2/c28-24(29)20-11-18(15-9-10-15)13-25-21(20)12-17-7-4-8-19-22(26-14-27-23(17)19)16-5-2-1-3-6-16/h1-8,11,13-15H,9-10,12H2,(H,28,29). The summed E-state index contributed by atoms with van der Waals surface area (Å²) in [5.74, 6) is -0.469. The lowest BCUT2D eigenvalue weighted by atomic mass is 9.98. The largest absolute Gasteiger partial charge is 0.478 e. The van der Waals surface area contributed by atoms with Gasteiger partial charge in [-0.2, -0.15) is 0 Å². The minimum Gasteiger partial charge on any atom is -0.478 e. The highest BCUT2D eigenvalue weighted by molar-refractivity contribution is 5.94. The Kier molecular flexibility index (Phi) is 4.28. The zero-order chi connectivity index (χ0) is 19.8. The van der Waals surface area contributed by atoms with Crippen LogP contribution in [0.4, 0.5) is 0 Å². The molecule has 29 heavy (non-hydrogen) atoms. The van der Waals surface area contributed by atoms with Gasteiger partial charge in [0.05, 0.1) is 22.5 Å². The smallest absolute Gasteiger partial charge is 0.337 e. The summed E-state index contributed by atoms with van der Waals surface area (Å²) in [7, 11) is 0. The predicted molar refractivity (Wildman–Crippen MR) is 111 cm³/mol. The van der Waals surface area contributed by atoms with Crippen molar-refractivity contribution in [2.24, 2.45) is 0 Å². The molecule has 5 heteroatoms. The molecule has 5 rings (SSSR count). The zero-order valence-electron chi connectivity index (χ0n) is 15.7. The fourth-order valence-electron chi connectivity index (χ4n) is 3.77. The topological polar surface area (TPSA) is 76.0 Å². The number of carboxylic acid groups (broad SMARTS) is 1. The number of benzene rings is 2. The Morgan fingerprint density at radius 2 is 1.83 bits per heavy atom. The van der Waals surface area contributed by atoms with Crippen LogP contribution in [0.15, 0.2) is 67.1 Å². The van der Waals surface area contributed by atoms with E-state index in [1.165, 1.54) is 0 Å². The number of hydrogen-bond donors (Lipinski definition) is 1. The molecule has 0 amide bonds. The Labute approximate surface area is 168 Å². The molecule has 2 heterocycles. The van der Waals surface area contributed by atoms with Crippen molar-refractivity contribution in [3.63, 3.8) is 0 Å². The summed E-state index contributed by atoms with van der Waals surface area (Å²) in [6, 6.07) is 17.7. The molecule has 5 nitrogen and oxygen atoms in total. The molecule has 1 N–H and O–H groups in total. The van der Waals surface area contributed by atoms with Crippen LogP contribution >= 0.6 is 0 Å². The molecule has 0 aliphatic heterocycles. The van der Waals surface area contributed by atoms with E-state index >= 15 is 0 Å². The van der Waals surface area contributed by atoms with E-state index in [-0.39, 0.29) is 5.56 Å². The van der Waals surface area contributed by atoms with E-state index in [4.69, 9.17) is 0 Å². The first kappa shape index (κ1) is 17.5. The van der Waals surface area contributed by atoms with Gasteiger partial charge in [0, 0.05) is 23.6 Å². The summed E-state index contributed by atoms with van der Waals surface area (Å²) in [5.41, 5.74) is 5.53. The zero-order valence-corrected chi connectivity index (χ0v) is 15.7. The van der Waals surface area contributed by atoms with Crippen molar-refractivity contribution < 1.29 is 9.90 Å². The van der Waals surface area contributed by atoms with Gasteiger partial charge in [0.2, 0.25) is 0 Å². The van der Waals surface area contributed by atoms with E-state index < -0.39 is 5.97 Å². The Balaban J connectivity index is 1.59. The molecule has 1 saturated carbocycles. The Morgan fingerprint density at radius 1 is 1.00 bits per heavy atom. The van der Waals surface area contributed by atoms with Crippen molar-refractivity contribution in [3.05, 3.63) is 89.5 Å². The highest BCUT2D eigenvalue weighted by Gasteiger charge is 2.26. The third-order valence-electron chi connectivity index (χ3n) is 5.42. The first-order valence-electron chi connectivity index (χ1n) is 9.71. The lowest BCUT2D eigenvalue weighted by Crippen LogP contribution is -2.07. The maximum absolute atomic E-state index is 11.8. The van der Waals surface area contributed by atoms with Gasteiger partial charge in [0.25, 0.3) is 0 Å². The second-order valence-corrected chi connectivity index (χ2v) is 7.42. The average Bonchev–Trinajstić information content (AvgIpc) is 3.60. The normalized spacial score (nSPS) is 13.5. The van der Waals surface area contributed by atoms with Gasteiger partial charge in [-0.1, -0.05) is 48.5 Å². The number of hydrogen-bond acceptors (Lipinski definition) is 4. The van der Waals surface area contributed by atoms with E-state index in [2.05, 4.69) is 15.0 Å². The third-order valence-corrected chi connectivity index (χ3v) is 5.42. The number of carbonyl (C=O) groups is 1. The SMILES string of the molecule is O=C(O)c1cc(C2CC2)cnc1Cc1cccc2c(-c3ccccc3)ncnc12. The minimum atomic E-state index is -0.935. The second kappa shape index (κ2) is 7.09. The number of fused-ring (bicyclic) bond motifs is 1. The van der Waals surface area contributed by atoms with Crippen LogP contribution in [-0.2, 0) is 6.42 Å². The monoisotopic (exact) mass is 381 g/mol. The van der Waals surface area contributed by atoms with Gasteiger partial charge in [-0.3, -0.25) is 4.98 Å². The Morgan fingerprint density at radius 3 is 2.59 bits per heavy atom. The van der Waals surface area contributed by atoms with E-state index in [0.29, 0.717) is 18.0 Å². The maximum Gasteiger partial charge on any atom is 0.337 e.